The number of hydrogen-bond donors (Lipinski definition) is 2. The van der Waals surface area contributed by atoms with E-state index in [4.69, 9.17) is 9.47 Å². The molecule has 124 valence electrons. The Bertz CT molecular complexity index is 756. The Labute approximate surface area is 139 Å². The molecule has 1 heterocycles. The number of para-hydroxylation sites is 1. The van der Waals surface area contributed by atoms with Crippen LogP contribution in [0, 0.1) is 0 Å². The molecular formula is C18H18N2O4. The van der Waals surface area contributed by atoms with Crippen LogP contribution in [0.25, 0.3) is 0 Å². The zero-order valence-corrected chi connectivity index (χ0v) is 13.3. The highest BCUT2D eigenvalue weighted by Crippen LogP contribution is 2.34. The third-order valence-electron chi connectivity index (χ3n) is 3.52. The summed E-state index contributed by atoms with van der Waals surface area (Å²) >= 11 is 0. The van der Waals surface area contributed by atoms with Crippen LogP contribution in [0.1, 0.15) is 12.5 Å². The molecule has 0 aliphatic carbocycles. The summed E-state index contributed by atoms with van der Waals surface area (Å²) in [6, 6.07) is 12.6. The van der Waals surface area contributed by atoms with Crippen molar-refractivity contribution in [1.82, 2.24) is 0 Å². The van der Waals surface area contributed by atoms with Crippen molar-refractivity contribution in [3.05, 3.63) is 48.0 Å². The number of carbonyl (C=O) groups is 2. The van der Waals surface area contributed by atoms with E-state index in [9.17, 15) is 9.59 Å². The zero-order chi connectivity index (χ0) is 16.9. The molecule has 3 rings (SSSR count). The molecule has 6 heteroatoms. The normalized spacial score (nSPS) is 12.6. The van der Waals surface area contributed by atoms with Gasteiger partial charge < -0.3 is 20.1 Å². The van der Waals surface area contributed by atoms with Crippen molar-refractivity contribution in [2.45, 2.75) is 13.3 Å². The van der Waals surface area contributed by atoms with Crippen LogP contribution in [-0.4, -0.2) is 25.0 Å². The van der Waals surface area contributed by atoms with E-state index < -0.39 is 0 Å². The molecule has 2 N–H and O–H groups in total. The first kappa shape index (κ1) is 15.9. The maximum atomic E-state index is 12.3. The summed E-state index contributed by atoms with van der Waals surface area (Å²) in [5, 5.41) is 5.54. The largest absolute Gasteiger partial charge is 0.494 e. The van der Waals surface area contributed by atoms with Crippen molar-refractivity contribution in [1.29, 1.82) is 0 Å². The van der Waals surface area contributed by atoms with E-state index in [0.717, 1.165) is 11.3 Å². The third kappa shape index (κ3) is 3.65. The van der Waals surface area contributed by atoms with Crippen molar-refractivity contribution in [3.8, 4) is 11.5 Å². The predicted molar refractivity (Wildman–Crippen MR) is 90.5 cm³/mol. The number of fused-ring (bicyclic) bond motifs is 1. The molecule has 0 saturated heterocycles. The average Bonchev–Trinajstić information content (AvgIpc) is 2.57. The minimum Gasteiger partial charge on any atom is -0.494 e. The summed E-state index contributed by atoms with van der Waals surface area (Å²) in [7, 11) is 0. The smallest absolute Gasteiger partial charge is 0.262 e. The molecule has 0 bridgehead atoms. The molecule has 0 saturated carbocycles. The summed E-state index contributed by atoms with van der Waals surface area (Å²) in [5.74, 6) is 0.912. The zero-order valence-electron chi connectivity index (χ0n) is 13.3. The Morgan fingerprint density at radius 2 is 2.04 bits per heavy atom. The highest BCUT2D eigenvalue weighted by molar-refractivity contribution is 6.03. The second kappa shape index (κ2) is 7.04. The number of ether oxygens (including phenoxy) is 2. The van der Waals surface area contributed by atoms with E-state index in [2.05, 4.69) is 10.6 Å². The molecule has 0 aromatic heterocycles. The van der Waals surface area contributed by atoms with Gasteiger partial charge in [-0.3, -0.25) is 9.59 Å². The van der Waals surface area contributed by atoms with Crippen LogP contribution < -0.4 is 20.1 Å². The van der Waals surface area contributed by atoms with Crippen molar-refractivity contribution in [2.24, 2.45) is 0 Å². The Hall–Kier alpha value is -3.02. The van der Waals surface area contributed by atoms with Crippen LogP contribution in [0.2, 0.25) is 0 Å². The number of anilines is 2. The molecule has 0 spiro atoms. The molecule has 6 nitrogen and oxygen atoms in total. The lowest BCUT2D eigenvalue weighted by Gasteiger charge is -2.20. The van der Waals surface area contributed by atoms with Crippen LogP contribution in [-0.2, 0) is 16.0 Å². The van der Waals surface area contributed by atoms with Gasteiger partial charge in [-0.15, -0.1) is 0 Å². The second-order valence-electron chi connectivity index (χ2n) is 5.32. The van der Waals surface area contributed by atoms with Gasteiger partial charge in [0.2, 0.25) is 5.91 Å². The minimum atomic E-state index is -0.240. The lowest BCUT2D eigenvalue weighted by Crippen LogP contribution is -2.27. The maximum Gasteiger partial charge on any atom is 0.262 e. The number of hydrogen-bond acceptors (Lipinski definition) is 4. The molecule has 0 fully saturated rings. The van der Waals surface area contributed by atoms with Crippen LogP contribution in [0.3, 0.4) is 0 Å². The van der Waals surface area contributed by atoms with Gasteiger partial charge in [0.25, 0.3) is 5.91 Å². The molecule has 2 aromatic carbocycles. The summed E-state index contributed by atoms with van der Waals surface area (Å²) in [4.78, 5) is 23.7. The van der Waals surface area contributed by atoms with E-state index in [-0.39, 0.29) is 24.8 Å². The average molecular weight is 326 g/mol. The van der Waals surface area contributed by atoms with Gasteiger partial charge in [0.15, 0.2) is 6.61 Å². The van der Waals surface area contributed by atoms with Crippen molar-refractivity contribution in [2.75, 3.05) is 23.8 Å². The van der Waals surface area contributed by atoms with Gasteiger partial charge in [0.05, 0.1) is 18.7 Å². The SMILES string of the molecule is CCOc1ccc(CC(=O)Nc2cccc3c2NC(=O)CO3)cc1. The quantitative estimate of drug-likeness (QED) is 0.885. The summed E-state index contributed by atoms with van der Waals surface area (Å²) < 4.78 is 10.7. The Kier molecular flexibility index (Phi) is 4.65. The fraction of sp³-hybridized carbons (Fsp3) is 0.222. The van der Waals surface area contributed by atoms with Crippen LogP contribution in [0.4, 0.5) is 11.4 Å². The monoisotopic (exact) mass is 326 g/mol. The fourth-order valence-corrected chi connectivity index (χ4v) is 2.45. The van der Waals surface area contributed by atoms with Gasteiger partial charge in [-0.1, -0.05) is 18.2 Å². The number of rotatable bonds is 5. The highest BCUT2D eigenvalue weighted by Gasteiger charge is 2.19. The first-order valence-corrected chi connectivity index (χ1v) is 7.73. The number of nitrogens with one attached hydrogen (secondary N) is 2. The molecule has 0 unspecified atom stereocenters. The maximum absolute atomic E-state index is 12.3. The Morgan fingerprint density at radius 1 is 1.25 bits per heavy atom. The van der Waals surface area contributed by atoms with Crippen LogP contribution >= 0.6 is 0 Å². The molecule has 2 amide bonds. The van der Waals surface area contributed by atoms with Gasteiger partial charge in [-0.05, 0) is 36.8 Å². The molecule has 1 aliphatic rings. The highest BCUT2D eigenvalue weighted by atomic mass is 16.5. The topological polar surface area (TPSA) is 76.7 Å². The summed E-state index contributed by atoms with van der Waals surface area (Å²) in [6.07, 6.45) is 0.227. The second-order valence-corrected chi connectivity index (χ2v) is 5.32. The first-order chi connectivity index (χ1) is 11.7. The minimum absolute atomic E-state index is 0.0173. The molecule has 0 atom stereocenters. The lowest BCUT2D eigenvalue weighted by molar-refractivity contribution is -0.118. The van der Waals surface area contributed by atoms with Gasteiger partial charge in [-0.25, -0.2) is 0 Å². The third-order valence-corrected chi connectivity index (χ3v) is 3.52. The van der Waals surface area contributed by atoms with E-state index in [1.807, 2.05) is 31.2 Å². The predicted octanol–water partition coefficient (Wildman–Crippen LogP) is 2.60. The van der Waals surface area contributed by atoms with Gasteiger partial charge in [0, 0.05) is 0 Å². The van der Waals surface area contributed by atoms with Crippen molar-refractivity contribution < 1.29 is 19.1 Å². The fourth-order valence-electron chi connectivity index (χ4n) is 2.45. The Morgan fingerprint density at radius 3 is 2.79 bits per heavy atom. The van der Waals surface area contributed by atoms with Crippen molar-refractivity contribution >= 4 is 23.2 Å². The van der Waals surface area contributed by atoms with Crippen LogP contribution in [0.5, 0.6) is 11.5 Å². The Balaban J connectivity index is 1.68. The van der Waals surface area contributed by atoms with Gasteiger partial charge >= 0.3 is 0 Å². The first-order valence-electron chi connectivity index (χ1n) is 7.73. The molecule has 2 aromatic rings. The molecule has 24 heavy (non-hydrogen) atoms. The van der Waals surface area contributed by atoms with E-state index >= 15 is 0 Å². The lowest BCUT2D eigenvalue weighted by atomic mass is 10.1. The summed E-state index contributed by atoms with van der Waals surface area (Å²) in [5.41, 5.74) is 1.89. The van der Waals surface area contributed by atoms with Gasteiger partial charge in [-0.2, -0.15) is 0 Å². The molecule has 1 aliphatic heterocycles. The van der Waals surface area contributed by atoms with E-state index in [0.29, 0.717) is 23.7 Å². The number of carbonyl (C=O) groups excluding carboxylic acids is 2. The molecular weight excluding hydrogens is 308 g/mol. The number of benzene rings is 2. The molecule has 0 radical (unpaired) electrons. The van der Waals surface area contributed by atoms with Crippen molar-refractivity contribution in [3.63, 3.8) is 0 Å². The van der Waals surface area contributed by atoms with E-state index in [1.165, 1.54) is 0 Å². The summed E-state index contributed by atoms with van der Waals surface area (Å²) in [6.45, 7) is 2.51. The van der Waals surface area contributed by atoms with Crippen LogP contribution in [0.15, 0.2) is 42.5 Å². The van der Waals surface area contributed by atoms with E-state index in [1.54, 1.807) is 18.2 Å². The van der Waals surface area contributed by atoms with Gasteiger partial charge in [0.1, 0.15) is 17.2 Å². The standard InChI is InChI=1S/C18H18N2O4/c1-2-23-13-8-6-12(7-9-13)10-16(21)19-14-4-3-5-15-18(14)20-17(22)11-24-15/h3-9H,2,10-11H2,1H3,(H,19,21)(H,20,22). The number of amides is 2.